The smallest absolute Gasteiger partial charge is 0.332 e. The Labute approximate surface area is 160 Å². The number of carbonyl (C=O) groups is 1. The molecule has 4 heteroatoms. The Balaban J connectivity index is 1.54. The molecule has 2 bridgehead atoms. The molecule has 1 aliphatic carbocycles. The number of methoxy groups -OCH3 is 1. The average molecular weight is 363 g/mol. The van der Waals surface area contributed by atoms with Gasteiger partial charge in [0, 0.05) is 37.3 Å². The molecule has 3 heterocycles. The van der Waals surface area contributed by atoms with E-state index >= 15 is 0 Å². The van der Waals surface area contributed by atoms with Crippen LogP contribution in [0.4, 0.5) is 0 Å². The Kier molecular flexibility index (Phi) is 3.88. The summed E-state index contributed by atoms with van der Waals surface area (Å²) in [5, 5.41) is 0. The molecule has 0 radical (unpaired) electrons. The van der Waals surface area contributed by atoms with Gasteiger partial charge in [0.25, 0.3) is 0 Å². The van der Waals surface area contributed by atoms with Crippen molar-refractivity contribution in [1.82, 2.24) is 4.90 Å². The second-order valence-corrected chi connectivity index (χ2v) is 8.05. The molecular formula is C23H25NO3. The number of rotatable bonds is 4. The summed E-state index contributed by atoms with van der Waals surface area (Å²) in [6.07, 6.45) is 11.5. The predicted octanol–water partition coefficient (Wildman–Crippen LogP) is 3.50. The number of allylic oxidation sites excluding steroid dienone is 1. The van der Waals surface area contributed by atoms with Gasteiger partial charge < -0.3 is 9.47 Å². The van der Waals surface area contributed by atoms with Gasteiger partial charge in [0.15, 0.2) is 5.60 Å². The molecule has 1 spiro atoms. The first-order valence-electron chi connectivity index (χ1n) is 9.83. The minimum absolute atomic E-state index is 0.173. The number of hydrogen-bond acceptors (Lipinski definition) is 4. The minimum Gasteiger partial charge on any atom is -0.449 e. The molecule has 0 amide bonds. The lowest BCUT2D eigenvalue weighted by molar-refractivity contribution is -0.147. The van der Waals surface area contributed by atoms with Crippen LogP contribution >= 0.6 is 0 Å². The molecule has 1 aromatic rings. The first-order chi connectivity index (χ1) is 13.1. The van der Waals surface area contributed by atoms with Crippen molar-refractivity contribution in [2.45, 2.75) is 56.0 Å². The van der Waals surface area contributed by atoms with Crippen molar-refractivity contribution in [3.63, 3.8) is 0 Å². The van der Waals surface area contributed by atoms with E-state index in [9.17, 15) is 4.79 Å². The van der Waals surface area contributed by atoms with E-state index in [0.29, 0.717) is 12.1 Å². The summed E-state index contributed by atoms with van der Waals surface area (Å²) in [6, 6.07) is 11.2. The van der Waals surface area contributed by atoms with E-state index in [1.54, 1.807) is 13.2 Å². The summed E-state index contributed by atoms with van der Waals surface area (Å²) in [7, 11) is 1.78. The van der Waals surface area contributed by atoms with Gasteiger partial charge in [-0.3, -0.25) is 4.90 Å². The fourth-order valence-corrected chi connectivity index (χ4v) is 5.56. The fourth-order valence-electron chi connectivity index (χ4n) is 5.56. The summed E-state index contributed by atoms with van der Waals surface area (Å²) in [5.41, 5.74) is 2.87. The maximum absolute atomic E-state index is 12.3. The van der Waals surface area contributed by atoms with Gasteiger partial charge in [-0.25, -0.2) is 4.79 Å². The Morgan fingerprint density at radius 3 is 2.85 bits per heavy atom. The Morgan fingerprint density at radius 2 is 2.07 bits per heavy atom. The van der Waals surface area contributed by atoms with Crippen LogP contribution in [-0.2, 0) is 14.3 Å². The molecule has 1 unspecified atom stereocenters. The Morgan fingerprint density at radius 1 is 1.26 bits per heavy atom. The maximum atomic E-state index is 12.3. The van der Waals surface area contributed by atoms with Crippen LogP contribution in [0.25, 0.3) is 6.08 Å². The van der Waals surface area contributed by atoms with Gasteiger partial charge >= 0.3 is 5.97 Å². The number of benzene rings is 1. The number of fused-ring (bicyclic) bond motifs is 3. The monoisotopic (exact) mass is 363 g/mol. The van der Waals surface area contributed by atoms with Gasteiger partial charge in [-0.15, -0.1) is 0 Å². The predicted molar refractivity (Wildman–Crippen MR) is 104 cm³/mol. The van der Waals surface area contributed by atoms with Crippen molar-refractivity contribution in [1.29, 1.82) is 0 Å². The molecule has 4 nitrogen and oxygen atoms in total. The molecule has 27 heavy (non-hydrogen) atoms. The number of nitrogens with zero attached hydrogens (tertiary/aromatic N) is 1. The van der Waals surface area contributed by atoms with Crippen LogP contribution in [0.15, 0.2) is 59.7 Å². The standard InChI is InChI=1S/C23H25NO3/c1-15(26-2)20-10-11-21-23-14-18(24(20)21)12-17(19(23)13-22(25)27-23)9-8-16-6-4-3-5-7-16/h3-9,12-13,15,18,20-21H,10-11,14H2,1-2H3/t15?,18-,20-,21-,23+/m1/s1. The zero-order valence-corrected chi connectivity index (χ0v) is 15.8. The molecule has 1 aromatic carbocycles. The first-order valence-corrected chi connectivity index (χ1v) is 9.83. The largest absolute Gasteiger partial charge is 0.449 e. The highest BCUT2D eigenvalue weighted by Gasteiger charge is 2.64. The van der Waals surface area contributed by atoms with E-state index in [-0.39, 0.29) is 18.1 Å². The van der Waals surface area contributed by atoms with Crippen molar-refractivity contribution in [2.24, 2.45) is 0 Å². The quantitative estimate of drug-likeness (QED) is 0.768. The van der Waals surface area contributed by atoms with Crippen LogP contribution in [0.5, 0.6) is 0 Å². The van der Waals surface area contributed by atoms with Crippen LogP contribution in [0.3, 0.4) is 0 Å². The van der Waals surface area contributed by atoms with Crippen molar-refractivity contribution in [3.8, 4) is 0 Å². The van der Waals surface area contributed by atoms with Gasteiger partial charge in [0.1, 0.15) is 0 Å². The molecule has 4 aliphatic rings. The third-order valence-electron chi connectivity index (χ3n) is 6.76. The van der Waals surface area contributed by atoms with E-state index in [1.807, 2.05) is 18.2 Å². The first kappa shape index (κ1) is 17.0. The molecule has 5 atom stereocenters. The van der Waals surface area contributed by atoms with E-state index in [2.05, 4.69) is 42.2 Å². The summed E-state index contributed by atoms with van der Waals surface area (Å²) >= 11 is 0. The van der Waals surface area contributed by atoms with Gasteiger partial charge in [-0.1, -0.05) is 48.6 Å². The minimum atomic E-state index is -0.477. The zero-order chi connectivity index (χ0) is 18.6. The van der Waals surface area contributed by atoms with Gasteiger partial charge in [0.2, 0.25) is 0 Å². The molecular weight excluding hydrogens is 338 g/mol. The van der Waals surface area contributed by atoms with Crippen LogP contribution in [0.1, 0.15) is 31.7 Å². The van der Waals surface area contributed by atoms with Crippen molar-refractivity contribution in [2.75, 3.05) is 7.11 Å². The van der Waals surface area contributed by atoms with E-state index in [4.69, 9.17) is 9.47 Å². The second-order valence-electron chi connectivity index (χ2n) is 8.05. The molecule has 2 saturated heterocycles. The van der Waals surface area contributed by atoms with Crippen LogP contribution < -0.4 is 0 Å². The highest BCUT2D eigenvalue weighted by atomic mass is 16.6. The number of esters is 1. The zero-order valence-electron chi connectivity index (χ0n) is 15.8. The van der Waals surface area contributed by atoms with Crippen molar-refractivity contribution >= 4 is 12.0 Å². The molecule has 2 fully saturated rings. The molecule has 0 saturated carbocycles. The second kappa shape index (κ2) is 6.18. The summed E-state index contributed by atoms with van der Waals surface area (Å²) in [5.74, 6) is -0.199. The number of hydrogen-bond donors (Lipinski definition) is 0. The molecule has 0 aromatic heterocycles. The van der Waals surface area contributed by atoms with Gasteiger partial charge in [-0.2, -0.15) is 0 Å². The normalized spacial score (nSPS) is 35.6. The molecule has 140 valence electrons. The number of carbonyl (C=O) groups excluding carboxylic acids is 1. The van der Waals surface area contributed by atoms with E-state index < -0.39 is 5.60 Å². The summed E-state index contributed by atoms with van der Waals surface area (Å²) in [6.45, 7) is 2.14. The van der Waals surface area contributed by atoms with Gasteiger partial charge in [-0.05, 0) is 30.9 Å². The molecule has 5 rings (SSSR count). The maximum Gasteiger partial charge on any atom is 0.332 e. The van der Waals surface area contributed by atoms with E-state index in [0.717, 1.165) is 36.0 Å². The van der Waals surface area contributed by atoms with Crippen molar-refractivity contribution in [3.05, 3.63) is 65.3 Å². The highest BCUT2D eigenvalue weighted by molar-refractivity contribution is 5.90. The van der Waals surface area contributed by atoms with Crippen LogP contribution in [0.2, 0.25) is 0 Å². The van der Waals surface area contributed by atoms with E-state index in [1.165, 1.54) is 0 Å². The lowest BCUT2D eigenvalue weighted by atomic mass is 9.77. The molecule has 3 aliphatic heterocycles. The van der Waals surface area contributed by atoms with Crippen LogP contribution in [0, 0.1) is 0 Å². The summed E-state index contributed by atoms with van der Waals surface area (Å²) in [4.78, 5) is 14.8. The Hall–Kier alpha value is -2.17. The fraction of sp³-hybridized carbons (Fsp3) is 0.435. The third-order valence-corrected chi connectivity index (χ3v) is 6.76. The van der Waals surface area contributed by atoms with Crippen LogP contribution in [-0.4, -0.2) is 47.8 Å². The molecule has 0 N–H and O–H groups in total. The topological polar surface area (TPSA) is 38.8 Å². The lowest BCUT2D eigenvalue weighted by Gasteiger charge is -2.33. The van der Waals surface area contributed by atoms with Crippen molar-refractivity contribution < 1.29 is 14.3 Å². The average Bonchev–Trinajstić information content (AvgIpc) is 3.33. The SMILES string of the molecule is COC(C)[C@H]1CC[C@H]2N1[C@@H]1C=C(C=Cc3ccccc3)C3=CC(=O)O[C@@]32C1. The lowest BCUT2D eigenvalue weighted by Crippen LogP contribution is -2.47. The third kappa shape index (κ3) is 2.47. The summed E-state index contributed by atoms with van der Waals surface area (Å²) < 4.78 is 11.7. The van der Waals surface area contributed by atoms with Gasteiger partial charge in [0.05, 0.1) is 12.1 Å². The highest BCUT2D eigenvalue weighted by Crippen LogP contribution is 2.56. The number of ether oxygens (including phenoxy) is 2. The Bertz CT molecular complexity index is 856.